The van der Waals surface area contributed by atoms with Gasteiger partial charge in [-0.2, -0.15) is 4.31 Å². The van der Waals surface area contributed by atoms with Gasteiger partial charge < -0.3 is 14.6 Å². The molecule has 1 N–H and O–H groups in total. The summed E-state index contributed by atoms with van der Waals surface area (Å²) in [5, 5.41) is 2.66. The van der Waals surface area contributed by atoms with E-state index in [-0.39, 0.29) is 10.8 Å². The Kier molecular flexibility index (Phi) is 5.36. The number of nitrogens with zero attached hydrogens (tertiary/aromatic N) is 2. The van der Waals surface area contributed by atoms with E-state index in [1.165, 1.54) is 23.4 Å². The molecule has 0 fully saturated rings. The van der Waals surface area contributed by atoms with Gasteiger partial charge in [0.05, 0.1) is 18.0 Å². The summed E-state index contributed by atoms with van der Waals surface area (Å²) in [5.74, 6) is 0.509. The Morgan fingerprint density at radius 2 is 1.73 bits per heavy atom. The largest absolute Gasteiger partial charge is 0.497 e. The standard InChI is InChI=1S/C22H23N3O4S/c1-16(26)23-18-7-11-20(12-8-18)30(27,28)25-15-14-24-13-3-4-21(24)22(25)17-5-9-19(29-2)10-6-17/h3-13,22H,14-15H2,1-2H3,(H,23,26). The van der Waals surface area contributed by atoms with Crippen LogP contribution >= 0.6 is 0 Å². The first-order chi connectivity index (χ1) is 14.4. The minimum atomic E-state index is -3.76. The number of amides is 1. The highest BCUT2D eigenvalue weighted by Crippen LogP contribution is 2.37. The Morgan fingerprint density at radius 3 is 2.37 bits per heavy atom. The lowest BCUT2D eigenvalue weighted by atomic mass is 10.0. The normalized spacial score (nSPS) is 16.7. The molecule has 0 saturated heterocycles. The van der Waals surface area contributed by atoms with E-state index in [2.05, 4.69) is 9.88 Å². The first-order valence-corrected chi connectivity index (χ1v) is 11.0. The Morgan fingerprint density at radius 1 is 1.03 bits per heavy atom. The lowest BCUT2D eigenvalue weighted by Crippen LogP contribution is -2.42. The minimum Gasteiger partial charge on any atom is -0.497 e. The first kappa shape index (κ1) is 20.2. The van der Waals surface area contributed by atoms with Gasteiger partial charge in [-0.15, -0.1) is 0 Å². The van der Waals surface area contributed by atoms with Gasteiger partial charge in [0.2, 0.25) is 15.9 Å². The van der Waals surface area contributed by atoms with Crippen molar-refractivity contribution in [2.45, 2.75) is 24.4 Å². The summed E-state index contributed by atoms with van der Waals surface area (Å²) in [6, 6.07) is 17.2. The SMILES string of the molecule is COc1ccc(C2c3cccn3CCN2S(=O)(=O)c2ccc(NC(C)=O)cc2)cc1. The summed E-state index contributed by atoms with van der Waals surface area (Å²) >= 11 is 0. The quantitative estimate of drug-likeness (QED) is 0.681. The predicted octanol–water partition coefficient (Wildman–Crippen LogP) is 3.25. The molecule has 0 spiro atoms. The molecule has 1 aliphatic heterocycles. The molecular weight excluding hydrogens is 402 g/mol. The number of hydrogen-bond donors (Lipinski definition) is 1. The highest BCUT2D eigenvalue weighted by molar-refractivity contribution is 7.89. The molecule has 1 atom stereocenters. The lowest BCUT2D eigenvalue weighted by molar-refractivity contribution is -0.114. The third-order valence-corrected chi connectivity index (χ3v) is 7.09. The van der Waals surface area contributed by atoms with Crippen molar-refractivity contribution in [2.75, 3.05) is 19.0 Å². The smallest absolute Gasteiger partial charge is 0.244 e. The van der Waals surface area contributed by atoms with E-state index in [1.54, 1.807) is 19.2 Å². The molecule has 1 aliphatic rings. The number of aromatic nitrogens is 1. The van der Waals surface area contributed by atoms with E-state index in [1.807, 2.05) is 42.6 Å². The Bertz CT molecular complexity index is 1150. The minimum absolute atomic E-state index is 0.190. The average Bonchev–Trinajstić information content (AvgIpc) is 3.22. The number of carbonyl (C=O) groups is 1. The molecule has 7 nitrogen and oxygen atoms in total. The average molecular weight is 426 g/mol. The van der Waals surface area contributed by atoms with Gasteiger partial charge in [-0.25, -0.2) is 8.42 Å². The molecule has 4 rings (SSSR count). The van der Waals surface area contributed by atoms with Crippen LogP contribution < -0.4 is 10.1 Å². The van der Waals surface area contributed by atoms with Crippen LogP contribution in [0.15, 0.2) is 71.8 Å². The van der Waals surface area contributed by atoms with Crippen molar-refractivity contribution in [2.24, 2.45) is 0 Å². The number of nitrogens with one attached hydrogen (secondary N) is 1. The van der Waals surface area contributed by atoms with Crippen molar-refractivity contribution in [1.82, 2.24) is 8.87 Å². The molecule has 2 heterocycles. The molecule has 0 aliphatic carbocycles. The number of fused-ring (bicyclic) bond motifs is 1. The molecule has 0 radical (unpaired) electrons. The van der Waals surface area contributed by atoms with E-state index < -0.39 is 16.1 Å². The molecule has 1 amide bonds. The number of benzene rings is 2. The molecule has 1 unspecified atom stereocenters. The van der Waals surface area contributed by atoms with Crippen molar-refractivity contribution < 1.29 is 17.9 Å². The number of ether oxygens (including phenoxy) is 1. The molecule has 156 valence electrons. The van der Waals surface area contributed by atoms with Gasteiger partial charge in [-0.3, -0.25) is 4.79 Å². The van der Waals surface area contributed by atoms with Crippen molar-refractivity contribution in [3.05, 3.63) is 78.1 Å². The fourth-order valence-electron chi connectivity index (χ4n) is 3.79. The van der Waals surface area contributed by atoms with E-state index >= 15 is 0 Å². The van der Waals surface area contributed by atoms with Crippen LogP contribution in [0.3, 0.4) is 0 Å². The van der Waals surface area contributed by atoms with Crippen molar-refractivity contribution in [1.29, 1.82) is 0 Å². The zero-order valence-electron chi connectivity index (χ0n) is 16.8. The fourth-order valence-corrected chi connectivity index (χ4v) is 5.37. The highest BCUT2D eigenvalue weighted by Gasteiger charge is 2.37. The van der Waals surface area contributed by atoms with Gasteiger partial charge in [-0.05, 0) is 54.1 Å². The topological polar surface area (TPSA) is 80.6 Å². The number of methoxy groups -OCH3 is 1. The third-order valence-electron chi connectivity index (χ3n) is 5.21. The van der Waals surface area contributed by atoms with Crippen molar-refractivity contribution >= 4 is 21.6 Å². The Labute approximate surface area is 175 Å². The van der Waals surface area contributed by atoms with Crippen LogP contribution in [0.2, 0.25) is 0 Å². The number of anilines is 1. The van der Waals surface area contributed by atoms with E-state index in [9.17, 15) is 13.2 Å². The molecule has 0 bridgehead atoms. The molecular formula is C22H23N3O4S. The maximum Gasteiger partial charge on any atom is 0.244 e. The van der Waals surface area contributed by atoms with E-state index in [0.29, 0.717) is 24.5 Å². The molecule has 8 heteroatoms. The fraction of sp³-hybridized carbons (Fsp3) is 0.227. The summed E-state index contributed by atoms with van der Waals surface area (Å²) in [5.41, 5.74) is 2.35. The second-order valence-corrected chi connectivity index (χ2v) is 9.01. The number of sulfonamides is 1. The second-order valence-electron chi connectivity index (χ2n) is 7.12. The Balaban J connectivity index is 1.74. The molecule has 30 heavy (non-hydrogen) atoms. The number of carbonyl (C=O) groups excluding carboxylic acids is 1. The summed E-state index contributed by atoms with van der Waals surface area (Å²) in [4.78, 5) is 11.4. The van der Waals surface area contributed by atoms with E-state index in [0.717, 1.165) is 11.3 Å². The highest BCUT2D eigenvalue weighted by atomic mass is 32.2. The Hall–Kier alpha value is -3.10. The van der Waals surface area contributed by atoms with Gasteiger partial charge in [-0.1, -0.05) is 12.1 Å². The third kappa shape index (κ3) is 3.71. The molecule has 3 aromatic rings. The second kappa shape index (κ2) is 7.97. The van der Waals surface area contributed by atoms with E-state index in [4.69, 9.17) is 4.74 Å². The maximum atomic E-state index is 13.6. The number of rotatable bonds is 5. The summed E-state index contributed by atoms with van der Waals surface area (Å²) in [6.45, 7) is 2.35. The van der Waals surface area contributed by atoms with Gasteiger partial charge in [0.15, 0.2) is 0 Å². The zero-order valence-corrected chi connectivity index (χ0v) is 17.6. The summed E-state index contributed by atoms with van der Waals surface area (Å²) in [6.07, 6.45) is 1.97. The molecule has 1 aromatic heterocycles. The van der Waals surface area contributed by atoms with Crippen LogP contribution in [0, 0.1) is 0 Å². The van der Waals surface area contributed by atoms with Crippen LogP contribution in [0.1, 0.15) is 24.2 Å². The van der Waals surface area contributed by atoms with Crippen LogP contribution in [-0.2, 0) is 21.4 Å². The predicted molar refractivity (Wildman–Crippen MR) is 114 cm³/mol. The first-order valence-electron chi connectivity index (χ1n) is 9.58. The van der Waals surface area contributed by atoms with Crippen LogP contribution in [0.5, 0.6) is 5.75 Å². The molecule has 0 saturated carbocycles. The van der Waals surface area contributed by atoms with Crippen LogP contribution in [0.4, 0.5) is 5.69 Å². The summed E-state index contributed by atoms with van der Waals surface area (Å²) in [7, 11) is -2.17. The van der Waals surface area contributed by atoms with Crippen molar-refractivity contribution in [3.63, 3.8) is 0 Å². The number of hydrogen-bond acceptors (Lipinski definition) is 4. The monoisotopic (exact) mass is 425 g/mol. The van der Waals surface area contributed by atoms with Gasteiger partial charge in [0.1, 0.15) is 5.75 Å². The zero-order chi connectivity index (χ0) is 21.3. The molecule has 2 aromatic carbocycles. The van der Waals surface area contributed by atoms with Crippen LogP contribution in [-0.4, -0.2) is 36.9 Å². The van der Waals surface area contributed by atoms with Gasteiger partial charge >= 0.3 is 0 Å². The van der Waals surface area contributed by atoms with Crippen molar-refractivity contribution in [3.8, 4) is 5.75 Å². The van der Waals surface area contributed by atoms with Gasteiger partial charge in [0, 0.05) is 37.6 Å². The summed E-state index contributed by atoms with van der Waals surface area (Å²) < 4.78 is 36.0. The van der Waals surface area contributed by atoms with Gasteiger partial charge in [0.25, 0.3) is 0 Å². The lowest BCUT2D eigenvalue weighted by Gasteiger charge is -2.36. The maximum absolute atomic E-state index is 13.6. The van der Waals surface area contributed by atoms with Crippen LogP contribution in [0.25, 0.3) is 0 Å².